The van der Waals surface area contributed by atoms with Gasteiger partial charge in [-0.3, -0.25) is 0 Å². The van der Waals surface area contributed by atoms with E-state index in [2.05, 4.69) is 20.6 Å². The average molecular weight is 391 g/mol. The molecule has 0 saturated heterocycles. The third kappa shape index (κ3) is 4.57. The van der Waals surface area contributed by atoms with E-state index >= 15 is 0 Å². The van der Waals surface area contributed by atoms with Crippen LogP contribution in [0.25, 0.3) is 0 Å². The number of amides is 2. The Bertz CT molecular complexity index is 901. The molecule has 26 heavy (non-hydrogen) atoms. The summed E-state index contributed by atoms with van der Waals surface area (Å²) in [5.41, 5.74) is 2.42. The third-order valence-corrected chi connectivity index (χ3v) is 3.96. The van der Waals surface area contributed by atoms with Crippen molar-refractivity contribution in [2.24, 2.45) is 9.98 Å². The second kappa shape index (κ2) is 8.43. The van der Waals surface area contributed by atoms with Crippen LogP contribution in [0.5, 0.6) is 0 Å². The highest BCUT2D eigenvalue weighted by Crippen LogP contribution is 2.32. The topological polar surface area (TPSA) is 100.0 Å². The summed E-state index contributed by atoms with van der Waals surface area (Å²) in [7, 11) is 0. The van der Waals surface area contributed by atoms with E-state index in [-0.39, 0.29) is 0 Å². The molecule has 9 heteroatoms. The quantitative estimate of drug-likeness (QED) is 0.554. The van der Waals surface area contributed by atoms with Gasteiger partial charge in [0, 0.05) is 21.4 Å². The molecule has 0 unspecified atom stereocenters. The molecule has 0 aliphatic heterocycles. The minimum atomic E-state index is -0.581. The van der Waals surface area contributed by atoms with E-state index in [4.69, 9.17) is 23.2 Å². The maximum atomic E-state index is 12.3. The van der Waals surface area contributed by atoms with Crippen molar-refractivity contribution < 1.29 is 14.4 Å². The SMILES string of the molecule is Cc1c(N=C=O)cc(Cl)cc1NC(=O)Nc1cc(Cl)cc(N=C=O)c1C. The highest BCUT2D eigenvalue weighted by Gasteiger charge is 2.13. The number of halogens is 2. The molecule has 7 nitrogen and oxygen atoms in total. The number of aliphatic imine (C=N–C) groups is 2. The summed E-state index contributed by atoms with van der Waals surface area (Å²) in [4.78, 5) is 40.4. The van der Waals surface area contributed by atoms with Gasteiger partial charge in [0.2, 0.25) is 12.2 Å². The van der Waals surface area contributed by atoms with E-state index in [9.17, 15) is 14.4 Å². The van der Waals surface area contributed by atoms with Crippen LogP contribution in [0.4, 0.5) is 27.5 Å². The molecular weight excluding hydrogens is 379 g/mol. The summed E-state index contributed by atoms with van der Waals surface area (Å²) >= 11 is 12.0. The number of nitrogens with zero attached hydrogens (tertiary/aromatic N) is 2. The minimum absolute atomic E-state index is 0.293. The summed E-state index contributed by atoms with van der Waals surface area (Å²) in [6.07, 6.45) is 2.87. The molecule has 0 aromatic heterocycles. The summed E-state index contributed by atoms with van der Waals surface area (Å²) in [6, 6.07) is 5.43. The van der Waals surface area contributed by atoms with E-state index in [0.29, 0.717) is 43.9 Å². The van der Waals surface area contributed by atoms with Gasteiger partial charge in [0.15, 0.2) is 0 Å². The largest absolute Gasteiger partial charge is 0.323 e. The van der Waals surface area contributed by atoms with Crippen LogP contribution in [0.3, 0.4) is 0 Å². The first-order chi connectivity index (χ1) is 12.3. The second-order valence-corrected chi connectivity index (χ2v) is 6.05. The van der Waals surface area contributed by atoms with Gasteiger partial charge in [0.25, 0.3) is 0 Å². The van der Waals surface area contributed by atoms with Crippen LogP contribution >= 0.6 is 23.2 Å². The predicted molar refractivity (Wildman–Crippen MR) is 101 cm³/mol. The van der Waals surface area contributed by atoms with E-state index in [1.54, 1.807) is 13.8 Å². The van der Waals surface area contributed by atoms with Gasteiger partial charge in [0.1, 0.15) is 0 Å². The number of rotatable bonds is 4. The lowest BCUT2D eigenvalue weighted by molar-refractivity contribution is 0.262. The first-order valence-corrected chi connectivity index (χ1v) is 7.95. The number of isocyanates is 2. The number of urea groups is 1. The third-order valence-electron chi connectivity index (χ3n) is 3.52. The van der Waals surface area contributed by atoms with Gasteiger partial charge in [-0.15, -0.1) is 0 Å². The van der Waals surface area contributed by atoms with Crippen LogP contribution in [0.2, 0.25) is 10.0 Å². The molecule has 2 amide bonds. The molecule has 0 atom stereocenters. The molecule has 2 aromatic carbocycles. The van der Waals surface area contributed by atoms with Gasteiger partial charge >= 0.3 is 6.03 Å². The average Bonchev–Trinajstić information content (AvgIpc) is 2.56. The maximum absolute atomic E-state index is 12.3. The first kappa shape index (κ1) is 19.4. The first-order valence-electron chi connectivity index (χ1n) is 7.19. The van der Waals surface area contributed by atoms with Crippen LogP contribution in [0, 0.1) is 13.8 Å². The number of benzene rings is 2. The molecule has 132 valence electrons. The molecule has 2 rings (SSSR count). The zero-order valence-electron chi connectivity index (χ0n) is 13.7. The van der Waals surface area contributed by atoms with Gasteiger partial charge in [-0.25, -0.2) is 14.4 Å². The van der Waals surface area contributed by atoms with Gasteiger partial charge in [-0.05, 0) is 49.2 Å². The Morgan fingerprint density at radius 3 is 1.58 bits per heavy atom. The fourth-order valence-electron chi connectivity index (χ4n) is 2.20. The number of carbonyl (C=O) groups is 1. The molecule has 0 heterocycles. The zero-order chi connectivity index (χ0) is 19.3. The predicted octanol–water partition coefficient (Wildman–Crippen LogP) is 5.19. The van der Waals surface area contributed by atoms with Gasteiger partial charge < -0.3 is 10.6 Å². The Morgan fingerprint density at radius 2 is 1.23 bits per heavy atom. The zero-order valence-corrected chi connectivity index (χ0v) is 15.2. The van der Waals surface area contributed by atoms with E-state index in [1.807, 2.05) is 0 Å². The Kier molecular flexibility index (Phi) is 6.28. The number of hydrogen-bond acceptors (Lipinski definition) is 5. The number of nitrogens with one attached hydrogen (secondary N) is 2. The molecule has 2 aromatic rings. The highest BCUT2D eigenvalue weighted by atomic mass is 35.5. The van der Waals surface area contributed by atoms with Crippen LogP contribution in [0.15, 0.2) is 34.3 Å². The minimum Gasteiger partial charge on any atom is -0.307 e. The molecular formula is C17H12Cl2N4O3. The molecule has 0 aliphatic rings. The summed E-state index contributed by atoms with van der Waals surface area (Å²) < 4.78 is 0. The fourth-order valence-corrected chi connectivity index (χ4v) is 2.62. The molecule has 0 fully saturated rings. The van der Waals surface area contributed by atoms with Crippen molar-refractivity contribution in [1.82, 2.24) is 0 Å². The lowest BCUT2D eigenvalue weighted by Crippen LogP contribution is -2.20. The molecule has 0 bridgehead atoms. The van der Waals surface area contributed by atoms with Crippen molar-refractivity contribution in [3.05, 3.63) is 45.4 Å². The normalized spacial score (nSPS) is 9.69. The van der Waals surface area contributed by atoms with E-state index in [1.165, 1.54) is 36.4 Å². The number of hydrogen-bond donors (Lipinski definition) is 2. The Balaban J connectivity index is 2.30. The number of carbonyl (C=O) groups excluding carboxylic acids is 3. The smallest absolute Gasteiger partial charge is 0.307 e. The fraction of sp³-hybridized carbons (Fsp3) is 0.118. The van der Waals surface area contributed by atoms with Crippen molar-refractivity contribution in [2.45, 2.75) is 13.8 Å². The Morgan fingerprint density at radius 1 is 0.846 bits per heavy atom. The summed E-state index contributed by atoms with van der Waals surface area (Å²) in [5, 5.41) is 5.83. The summed E-state index contributed by atoms with van der Waals surface area (Å²) in [6.45, 7) is 3.34. The maximum Gasteiger partial charge on any atom is 0.323 e. The standard InChI is InChI=1S/C17H12Cl2N4O3/c1-9-13(20-7-24)3-11(18)5-15(9)22-17(26)23-16-6-12(19)4-14(10(16)2)21-8-25/h3-6H,1-2H3,(H2,22,23,26). The van der Waals surface area contributed by atoms with Crippen LogP contribution in [-0.4, -0.2) is 18.2 Å². The van der Waals surface area contributed by atoms with E-state index < -0.39 is 6.03 Å². The van der Waals surface area contributed by atoms with Crippen molar-refractivity contribution in [1.29, 1.82) is 0 Å². The lowest BCUT2D eigenvalue weighted by Gasteiger charge is -2.14. The van der Waals surface area contributed by atoms with Crippen LogP contribution in [0.1, 0.15) is 11.1 Å². The van der Waals surface area contributed by atoms with E-state index in [0.717, 1.165) is 0 Å². The Hall–Kier alpha value is -2.95. The molecule has 0 radical (unpaired) electrons. The van der Waals surface area contributed by atoms with Gasteiger partial charge in [0.05, 0.1) is 11.4 Å². The van der Waals surface area contributed by atoms with Crippen LogP contribution < -0.4 is 10.6 Å². The molecule has 0 aliphatic carbocycles. The lowest BCUT2D eigenvalue weighted by atomic mass is 10.1. The van der Waals surface area contributed by atoms with Crippen LogP contribution in [-0.2, 0) is 9.59 Å². The van der Waals surface area contributed by atoms with Crippen molar-refractivity contribution in [3.63, 3.8) is 0 Å². The molecule has 0 saturated carbocycles. The summed E-state index contributed by atoms with van der Waals surface area (Å²) in [5.74, 6) is 0. The number of anilines is 2. The second-order valence-electron chi connectivity index (χ2n) is 5.18. The van der Waals surface area contributed by atoms with Crippen molar-refractivity contribution in [2.75, 3.05) is 10.6 Å². The van der Waals surface area contributed by atoms with Gasteiger partial charge in [-0.2, -0.15) is 9.98 Å². The van der Waals surface area contributed by atoms with Crippen molar-refractivity contribution >= 4 is 64.1 Å². The molecule has 0 spiro atoms. The Labute approximate surface area is 158 Å². The highest BCUT2D eigenvalue weighted by molar-refractivity contribution is 6.31. The van der Waals surface area contributed by atoms with Gasteiger partial charge in [-0.1, -0.05) is 23.2 Å². The molecule has 2 N–H and O–H groups in total. The monoisotopic (exact) mass is 390 g/mol. The van der Waals surface area contributed by atoms with Crippen molar-refractivity contribution in [3.8, 4) is 0 Å².